The largest absolute Gasteiger partial charge is 0.496 e. The summed E-state index contributed by atoms with van der Waals surface area (Å²) in [4.78, 5) is 27.9. The monoisotopic (exact) mass is 466 g/mol. The van der Waals surface area contributed by atoms with Crippen LogP contribution in [0.1, 0.15) is 51.5 Å². The number of methoxy groups -OCH3 is 1. The summed E-state index contributed by atoms with van der Waals surface area (Å²) in [6.45, 7) is 3.50. The molecule has 1 aromatic heterocycles. The molecule has 5 nitrogen and oxygen atoms in total. The van der Waals surface area contributed by atoms with Gasteiger partial charge in [0, 0.05) is 60.6 Å². The summed E-state index contributed by atoms with van der Waals surface area (Å²) < 4.78 is 7.68. The fourth-order valence-corrected chi connectivity index (χ4v) is 6.23. The fraction of sp³-hybridized carbons (Fsp3) is 0.333. The topological polar surface area (TPSA) is 51.5 Å². The summed E-state index contributed by atoms with van der Waals surface area (Å²) in [5.74, 6) is 1.88. The third-order valence-electron chi connectivity index (χ3n) is 7.81. The second-order valence-electron chi connectivity index (χ2n) is 10.1. The predicted octanol–water partition coefficient (Wildman–Crippen LogP) is 4.69. The van der Waals surface area contributed by atoms with Crippen LogP contribution in [-0.4, -0.2) is 35.4 Å². The highest BCUT2D eigenvalue weighted by Crippen LogP contribution is 2.36. The first-order chi connectivity index (χ1) is 17.1. The molecule has 0 unspecified atom stereocenters. The number of allylic oxidation sites excluding steroid dienone is 1. The number of hydrogen-bond acceptors (Lipinski definition) is 4. The smallest absolute Gasteiger partial charge is 0.250 e. The fourth-order valence-electron chi connectivity index (χ4n) is 6.23. The lowest BCUT2D eigenvalue weighted by atomic mass is 9.83. The number of likely N-dealkylation sites (tertiary alicyclic amines) is 1. The maximum atomic E-state index is 13.1. The minimum Gasteiger partial charge on any atom is -0.496 e. The lowest BCUT2D eigenvalue weighted by Crippen LogP contribution is -2.46. The molecule has 6 rings (SSSR count). The van der Waals surface area contributed by atoms with E-state index in [4.69, 9.17) is 4.74 Å². The summed E-state index contributed by atoms with van der Waals surface area (Å²) in [5.41, 5.74) is 6.30. The van der Waals surface area contributed by atoms with Crippen LogP contribution in [0.3, 0.4) is 0 Å². The Balaban J connectivity index is 1.25. The van der Waals surface area contributed by atoms with Gasteiger partial charge in [-0.2, -0.15) is 0 Å². The van der Waals surface area contributed by atoms with Gasteiger partial charge in [-0.25, -0.2) is 0 Å². The lowest BCUT2D eigenvalue weighted by molar-refractivity contribution is 0.102. The van der Waals surface area contributed by atoms with E-state index in [-0.39, 0.29) is 11.3 Å². The summed E-state index contributed by atoms with van der Waals surface area (Å²) in [7, 11) is 1.71. The van der Waals surface area contributed by atoms with Crippen LogP contribution >= 0.6 is 0 Å². The van der Waals surface area contributed by atoms with E-state index in [9.17, 15) is 9.59 Å². The van der Waals surface area contributed by atoms with Gasteiger partial charge in [-0.1, -0.05) is 36.4 Å². The predicted molar refractivity (Wildman–Crippen MR) is 137 cm³/mol. The molecule has 1 aliphatic carbocycles. The van der Waals surface area contributed by atoms with Crippen LogP contribution in [0.2, 0.25) is 0 Å². The maximum Gasteiger partial charge on any atom is 0.250 e. The summed E-state index contributed by atoms with van der Waals surface area (Å²) >= 11 is 0. The van der Waals surface area contributed by atoms with Gasteiger partial charge in [-0.05, 0) is 60.6 Å². The molecule has 0 N–H and O–H groups in total. The molecule has 1 saturated heterocycles. The Bertz CT molecular complexity index is 1390. The Labute approximate surface area is 205 Å². The Morgan fingerprint density at radius 3 is 2.74 bits per heavy atom. The van der Waals surface area contributed by atoms with E-state index < -0.39 is 0 Å². The Morgan fingerprint density at radius 1 is 0.971 bits per heavy atom. The van der Waals surface area contributed by atoms with Crippen LogP contribution in [0.25, 0.3) is 6.08 Å². The Hall–Kier alpha value is -3.44. The molecule has 3 aliphatic rings. The lowest BCUT2D eigenvalue weighted by Gasteiger charge is -2.43. The van der Waals surface area contributed by atoms with Crippen molar-refractivity contribution >= 4 is 11.9 Å². The van der Waals surface area contributed by atoms with Gasteiger partial charge in [0.15, 0.2) is 5.78 Å². The van der Waals surface area contributed by atoms with E-state index in [1.807, 2.05) is 41.0 Å². The highest BCUT2D eigenvalue weighted by Gasteiger charge is 2.34. The SMILES string of the molecule is COc1ccc(/C=C2\CCc3ccccc3C2=O)cc1CN1C[C@H]2C[C@@H](C1)c1cccc(=O)n1C2. The minimum atomic E-state index is 0.118. The second kappa shape index (κ2) is 8.97. The van der Waals surface area contributed by atoms with Crippen LogP contribution in [-0.2, 0) is 19.5 Å². The molecule has 5 heteroatoms. The first-order valence-electron chi connectivity index (χ1n) is 12.5. The highest BCUT2D eigenvalue weighted by molar-refractivity contribution is 6.13. The summed E-state index contributed by atoms with van der Waals surface area (Å²) in [6, 6.07) is 19.8. The second-order valence-corrected chi connectivity index (χ2v) is 10.1. The van der Waals surface area contributed by atoms with Crippen LogP contribution in [0.4, 0.5) is 0 Å². The van der Waals surface area contributed by atoms with Crippen LogP contribution in [0, 0.1) is 5.92 Å². The molecule has 0 amide bonds. The quantitative estimate of drug-likeness (QED) is 0.524. The number of hydrogen-bond donors (Lipinski definition) is 0. The summed E-state index contributed by atoms with van der Waals surface area (Å²) in [5, 5.41) is 0. The number of nitrogens with zero attached hydrogens (tertiary/aromatic N) is 2. The van der Waals surface area contributed by atoms with Crippen molar-refractivity contribution in [3.8, 4) is 5.75 Å². The van der Waals surface area contributed by atoms with Gasteiger partial charge in [-0.3, -0.25) is 14.5 Å². The number of pyridine rings is 1. The van der Waals surface area contributed by atoms with Crippen molar-refractivity contribution in [3.05, 3.63) is 105 Å². The molecule has 178 valence electrons. The van der Waals surface area contributed by atoms with Crippen LogP contribution in [0.5, 0.6) is 5.75 Å². The molecule has 2 aliphatic heterocycles. The zero-order chi connectivity index (χ0) is 23.9. The first-order valence-corrected chi connectivity index (χ1v) is 12.5. The van der Waals surface area contributed by atoms with Crippen LogP contribution in [0.15, 0.2) is 71.0 Å². The molecule has 3 aromatic rings. The zero-order valence-electron chi connectivity index (χ0n) is 20.1. The molecule has 0 spiro atoms. The molecule has 2 aromatic carbocycles. The number of ether oxygens (including phenoxy) is 1. The highest BCUT2D eigenvalue weighted by atomic mass is 16.5. The van der Waals surface area contributed by atoms with Crippen molar-refractivity contribution in [2.24, 2.45) is 5.92 Å². The van der Waals surface area contributed by atoms with E-state index in [2.05, 4.69) is 29.2 Å². The van der Waals surface area contributed by atoms with E-state index in [0.29, 0.717) is 11.8 Å². The average Bonchev–Trinajstić information content (AvgIpc) is 2.87. The number of rotatable bonds is 4. The number of piperidine rings is 1. The van der Waals surface area contributed by atoms with E-state index >= 15 is 0 Å². The molecular formula is C30H30N2O3. The molecule has 0 saturated carbocycles. The Morgan fingerprint density at radius 2 is 1.86 bits per heavy atom. The van der Waals surface area contributed by atoms with Gasteiger partial charge in [0.25, 0.3) is 5.56 Å². The van der Waals surface area contributed by atoms with Crippen molar-refractivity contribution in [2.45, 2.75) is 38.3 Å². The normalized spacial score (nSPS) is 22.5. The van der Waals surface area contributed by atoms with Gasteiger partial charge < -0.3 is 9.30 Å². The molecule has 2 atom stereocenters. The number of benzene rings is 2. The molecule has 3 heterocycles. The first kappa shape index (κ1) is 22.1. The molecule has 35 heavy (non-hydrogen) atoms. The van der Waals surface area contributed by atoms with E-state index in [0.717, 1.165) is 79.0 Å². The summed E-state index contributed by atoms with van der Waals surface area (Å²) in [6.07, 6.45) is 4.87. The molecule has 0 radical (unpaired) electrons. The van der Waals surface area contributed by atoms with Gasteiger partial charge in [0.05, 0.1) is 7.11 Å². The third-order valence-corrected chi connectivity index (χ3v) is 7.81. The number of aromatic nitrogens is 1. The molecule has 2 bridgehead atoms. The van der Waals surface area contributed by atoms with Gasteiger partial charge >= 0.3 is 0 Å². The van der Waals surface area contributed by atoms with E-state index in [1.54, 1.807) is 13.2 Å². The number of aryl methyl sites for hydroxylation is 1. The van der Waals surface area contributed by atoms with Crippen molar-refractivity contribution in [1.29, 1.82) is 0 Å². The van der Waals surface area contributed by atoms with Gasteiger partial charge in [-0.15, -0.1) is 0 Å². The van der Waals surface area contributed by atoms with Gasteiger partial charge in [0.2, 0.25) is 0 Å². The number of fused-ring (bicyclic) bond motifs is 5. The minimum absolute atomic E-state index is 0.118. The zero-order valence-corrected chi connectivity index (χ0v) is 20.1. The van der Waals surface area contributed by atoms with Crippen molar-refractivity contribution in [2.75, 3.05) is 20.2 Å². The number of carbonyl (C=O) groups excluding carboxylic acids is 1. The standard InChI is InChI=1S/C30H30N2O3/c1-35-28-12-9-20(13-23-11-10-22-5-2-3-6-26(22)30(23)34)14-25(28)19-31-16-21-15-24(18-31)27-7-4-8-29(33)32(27)17-21/h2-9,12-14,21,24H,10-11,15-19H2,1H3/b23-13+/t21-,24+/m1/s1. The number of carbonyl (C=O) groups is 1. The average molecular weight is 467 g/mol. The number of Topliss-reactive ketones (excluding diaryl/α,β-unsaturated/α-hetero) is 1. The van der Waals surface area contributed by atoms with Gasteiger partial charge in [0.1, 0.15) is 5.75 Å². The third kappa shape index (κ3) is 4.14. The van der Waals surface area contributed by atoms with Crippen molar-refractivity contribution in [3.63, 3.8) is 0 Å². The van der Waals surface area contributed by atoms with Crippen LogP contribution < -0.4 is 10.3 Å². The van der Waals surface area contributed by atoms with E-state index in [1.165, 1.54) is 5.69 Å². The van der Waals surface area contributed by atoms with Crippen molar-refractivity contribution in [1.82, 2.24) is 9.47 Å². The van der Waals surface area contributed by atoms with Crippen molar-refractivity contribution < 1.29 is 9.53 Å². The molecular weight excluding hydrogens is 436 g/mol. The maximum absolute atomic E-state index is 13.1. The Kier molecular flexibility index (Phi) is 5.65. The number of ketones is 1. The molecule has 1 fully saturated rings.